The Bertz CT molecular complexity index is 238. The fourth-order valence-corrected chi connectivity index (χ4v) is 3.28. The predicted molar refractivity (Wildman–Crippen MR) is 63.2 cm³/mol. The van der Waals surface area contributed by atoms with E-state index >= 15 is 0 Å². The Morgan fingerprint density at radius 2 is 2.07 bits per heavy atom. The van der Waals surface area contributed by atoms with Crippen molar-refractivity contribution in [3.63, 3.8) is 0 Å². The summed E-state index contributed by atoms with van der Waals surface area (Å²) in [6.45, 7) is 12.1. The molecule has 2 aliphatic rings. The number of hydrogen-bond donors (Lipinski definition) is 1. The van der Waals surface area contributed by atoms with Crippen molar-refractivity contribution >= 4 is 12.8 Å². The van der Waals surface area contributed by atoms with E-state index in [1.165, 1.54) is 25.1 Å². The standard InChI is InChI=1S/C11H20N2S/c1-9(2)13-6-4-5-11(10(13)3)7-12(14)8-11/h9,14H,3-8H2,1-2H3. The molecule has 0 amide bonds. The third kappa shape index (κ3) is 1.47. The summed E-state index contributed by atoms with van der Waals surface area (Å²) in [4.78, 5) is 2.46. The van der Waals surface area contributed by atoms with Gasteiger partial charge in [0, 0.05) is 36.8 Å². The van der Waals surface area contributed by atoms with Crippen LogP contribution in [0.25, 0.3) is 0 Å². The Morgan fingerprint density at radius 3 is 2.57 bits per heavy atom. The van der Waals surface area contributed by atoms with Gasteiger partial charge in [0.05, 0.1) is 0 Å². The van der Waals surface area contributed by atoms with Crippen LogP contribution >= 0.6 is 12.8 Å². The third-order valence-electron chi connectivity index (χ3n) is 3.61. The Labute approximate surface area is 92.5 Å². The van der Waals surface area contributed by atoms with Gasteiger partial charge in [-0.25, -0.2) is 0 Å². The van der Waals surface area contributed by atoms with Gasteiger partial charge in [0.25, 0.3) is 0 Å². The van der Waals surface area contributed by atoms with E-state index in [1.54, 1.807) is 0 Å². The van der Waals surface area contributed by atoms with Gasteiger partial charge in [-0.1, -0.05) is 19.4 Å². The molecule has 0 radical (unpaired) electrons. The summed E-state index contributed by atoms with van der Waals surface area (Å²) in [6.07, 6.45) is 2.60. The first-order valence-corrected chi connectivity index (χ1v) is 5.85. The maximum Gasteiger partial charge on any atom is 0.0370 e. The predicted octanol–water partition coefficient (Wildman–Crippen LogP) is 2.15. The van der Waals surface area contributed by atoms with E-state index in [-0.39, 0.29) is 0 Å². The summed E-state index contributed by atoms with van der Waals surface area (Å²) in [5.74, 6) is 0. The van der Waals surface area contributed by atoms with Crippen LogP contribution in [0.3, 0.4) is 0 Å². The lowest BCUT2D eigenvalue weighted by Crippen LogP contribution is -2.58. The molecule has 2 aliphatic heterocycles. The molecular weight excluding hydrogens is 192 g/mol. The minimum absolute atomic E-state index is 0.365. The lowest BCUT2D eigenvalue weighted by molar-refractivity contribution is 0.0354. The molecule has 2 saturated heterocycles. The van der Waals surface area contributed by atoms with Crippen molar-refractivity contribution in [1.29, 1.82) is 0 Å². The normalized spacial score (nSPS) is 27.1. The summed E-state index contributed by atoms with van der Waals surface area (Å²) in [6, 6.07) is 0.591. The molecule has 0 atom stereocenters. The van der Waals surface area contributed by atoms with Crippen LogP contribution in [0.1, 0.15) is 26.7 Å². The zero-order chi connectivity index (χ0) is 10.3. The van der Waals surface area contributed by atoms with Crippen LogP contribution in [0.4, 0.5) is 0 Å². The minimum Gasteiger partial charge on any atom is -0.372 e. The van der Waals surface area contributed by atoms with Crippen molar-refractivity contribution in [2.45, 2.75) is 32.7 Å². The molecule has 0 aromatic rings. The Hall–Kier alpha value is -0.150. The molecule has 3 heteroatoms. The first-order valence-electron chi connectivity index (χ1n) is 5.45. The number of nitrogens with zero attached hydrogens (tertiary/aromatic N) is 2. The average Bonchev–Trinajstić information content (AvgIpc) is 2.06. The second-order valence-electron chi connectivity index (χ2n) is 4.94. The van der Waals surface area contributed by atoms with Crippen LogP contribution in [0.5, 0.6) is 0 Å². The molecule has 0 N–H and O–H groups in total. The van der Waals surface area contributed by atoms with E-state index < -0.39 is 0 Å². The van der Waals surface area contributed by atoms with Gasteiger partial charge < -0.3 is 4.90 Å². The highest BCUT2D eigenvalue weighted by Gasteiger charge is 2.47. The Morgan fingerprint density at radius 1 is 1.43 bits per heavy atom. The van der Waals surface area contributed by atoms with Crippen molar-refractivity contribution < 1.29 is 0 Å². The maximum absolute atomic E-state index is 4.36. The van der Waals surface area contributed by atoms with Gasteiger partial charge in [0.1, 0.15) is 0 Å². The highest BCUT2D eigenvalue weighted by atomic mass is 32.1. The number of rotatable bonds is 1. The van der Waals surface area contributed by atoms with Crippen LogP contribution in [0, 0.1) is 5.41 Å². The fraction of sp³-hybridized carbons (Fsp3) is 0.818. The SMILES string of the molecule is C=C1N(C(C)C)CCCC12CN(S)C2. The van der Waals surface area contributed by atoms with Gasteiger partial charge in [-0.3, -0.25) is 4.31 Å². The first-order chi connectivity index (χ1) is 6.55. The van der Waals surface area contributed by atoms with Crippen LogP contribution in [-0.2, 0) is 0 Å². The Balaban J connectivity index is 2.10. The van der Waals surface area contributed by atoms with Crippen molar-refractivity contribution in [1.82, 2.24) is 9.21 Å². The monoisotopic (exact) mass is 212 g/mol. The number of piperidine rings is 1. The summed E-state index contributed by atoms with van der Waals surface area (Å²) < 4.78 is 2.09. The van der Waals surface area contributed by atoms with Gasteiger partial charge in [-0.05, 0) is 26.7 Å². The van der Waals surface area contributed by atoms with Crippen LogP contribution in [0.2, 0.25) is 0 Å². The molecule has 0 saturated carbocycles. The third-order valence-corrected chi connectivity index (χ3v) is 3.89. The maximum atomic E-state index is 4.36. The molecule has 2 fully saturated rings. The molecule has 0 aromatic heterocycles. The molecule has 80 valence electrons. The number of likely N-dealkylation sites (tertiary alicyclic amines) is 1. The Kier molecular flexibility index (Phi) is 2.56. The van der Waals surface area contributed by atoms with Crippen molar-refractivity contribution in [3.05, 3.63) is 12.3 Å². The average molecular weight is 212 g/mol. The van der Waals surface area contributed by atoms with Crippen molar-refractivity contribution in [2.75, 3.05) is 19.6 Å². The number of thiol groups is 1. The number of hydrogen-bond acceptors (Lipinski definition) is 3. The second kappa shape index (κ2) is 3.46. The lowest BCUT2D eigenvalue weighted by atomic mass is 9.72. The zero-order valence-electron chi connectivity index (χ0n) is 9.16. The summed E-state index contributed by atoms with van der Waals surface area (Å²) in [5.41, 5.74) is 1.72. The molecule has 2 heterocycles. The zero-order valence-corrected chi connectivity index (χ0v) is 10.1. The first kappa shape index (κ1) is 10.4. The van der Waals surface area contributed by atoms with Crippen LogP contribution in [0.15, 0.2) is 12.3 Å². The van der Waals surface area contributed by atoms with Gasteiger partial charge in [-0.15, -0.1) is 0 Å². The van der Waals surface area contributed by atoms with Gasteiger partial charge >= 0.3 is 0 Å². The molecular formula is C11H20N2S. The molecule has 0 aromatic carbocycles. The van der Waals surface area contributed by atoms with Crippen molar-refractivity contribution in [3.8, 4) is 0 Å². The van der Waals surface area contributed by atoms with Crippen LogP contribution in [-0.4, -0.2) is 34.9 Å². The van der Waals surface area contributed by atoms with E-state index in [0.29, 0.717) is 11.5 Å². The molecule has 0 aliphatic carbocycles. The lowest BCUT2D eigenvalue weighted by Gasteiger charge is -2.55. The van der Waals surface area contributed by atoms with E-state index in [1.807, 2.05) is 0 Å². The molecule has 1 spiro atoms. The molecule has 14 heavy (non-hydrogen) atoms. The van der Waals surface area contributed by atoms with E-state index in [0.717, 1.165) is 13.1 Å². The largest absolute Gasteiger partial charge is 0.372 e. The topological polar surface area (TPSA) is 6.48 Å². The quantitative estimate of drug-likeness (QED) is 0.665. The smallest absolute Gasteiger partial charge is 0.0370 e. The van der Waals surface area contributed by atoms with E-state index in [4.69, 9.17) is 0 Å². The molecule has 2 nitrogen and oxygen atoms in total. The highest BCUT2D eigenvalue weighted by Crippen LogP contribution is 2.46. The second-order valence-corrected chi connectivity index (χ2v) is 5.51. The van der Waals surface area contributed by atoms with Gasteiger partial charge in [-0.2, -0.15) is 0 Å². The van der Waals surface area contributed by atoms with Crippen molar-refractivity contribution in [2.24, 2.45) is 5.41 Å². The molecule has 0 unspecified atom stereocenters. The summed E-state index contributed by atoms with van der Waals surface area (Å²) in [7, 11) is 0. The molecule has 0 bridgehead atoms. The minimum atomic E-state index is 0.365. The van der Waals surface area contributed by atoms with E-state index in [9.17, 15) is 0 Å². The highest BCUT2D eigenvalue weighted by molar-refractivity contribution is 7.77. The van der Waals surface area contributed by atoms with Crippen LogP contribution < -0.4 is 0 Å². The van der Waals surface area contributed by atoms with Gasteiger partial charge in [0.2, 0.25) is 0 Å². The van der Waals surface area contributed by atoms with E-state index in [2.05, 4.69) is 42.4 Å². The fourth-order valence-electron chi connectivity index (χ4n) is 2.73. The summed E-state index contributed by atoms with van der Waals surface area (Å²) in [5, 5.41) is 0. The summed E-state index contributed by atoms with van der Waals surface area (Å²) >= 11 is 4.36. The van der Waals surface area contributed by atoms with Gasteiger partial charge in [0.15, 0.2) is 0 Å². The molecule has 2 rings (SSSR count).